The van der Waals surface area contributed by atoms with Gasteiger partial charge in [0.2, 0.25) is 0 Å². The molecule has 0 heterocycles. The van der Waals surface area contributed by atoms with Gasteiger partial charge in [-0.1, -0.05) is 25.6 Å². The van der Waals surface area contributed by atoms with Crippen LogP contribution in [0.5, 0.6) is 0 Å². The van der Waals surface area contributed by atoms with Crippen molar-refractivity contribution in [2.75, 3.05) is 0 Å². The third kappa shape index (κ3) is 3.40. The quantitative estimate of drug-likeness (QED) is 0.664. The molecule has 1 rings (SSSR count). The van der Waals surface area contributed by atoms with Crippen molar-refractivity contribution in [3.8, 4) is 0 Å². The predicted octanol–water partition coefficient (Wildman–Crippen LogP) is 4.14. The molecule has 0 fully saturated rings. The fourth-order valence-corrected chi connectivity index (χ4v) is 1.45. The zero-order valence-corrected chi connectivity index (χ0v) is 9.27. The molecule has 0 nitrogen and oxygen atoms in total. The van der Waals surface area contributed by atoms with E-state index in [0.29, 0.717) is 18.4 Å². The van der Waals surface area contributed by atoms with Crippen LogP contribution in [0.3, 0.4) is 0 Å². The van der Waals surface area contributed by atoms with Gasteiger partial charge in [-0.15, -0.1) is 0 Å². The van der Waals surface area contributed by atoms with Gasteiger partial charge >= 0.3 is 0 Å². The van der Waals surface area contributed by atoms with Crippen LogP contribution in [0, 0.1) is 5.82 Å². The maximum absolute atomic E-state index is 13.4. The average Bonchev–Trinajstić information content (AvgIpc) is 2.25. The van der Waals surface area contributed by atoms with E-state index in [1.165, 1.54) is 6.07 Å². The van der Waals surface area contributed by atoms with Crippen LogP contribution in [-0.4, -0.2) is 6.43 Å². The zero-order chi connectivity index (χ0) is 12.1. The number of aryl methyl sites for hydroxylation is 2. The number of alkyl halides is 2. The van der Waals surface area contributed by atoms with Crippen LogP contribution in [0.2, 0.25) is 0 Å². The van der Waals surface area contributed by atoms with Gasteiger partial charge in [-0.25, -0.2) is 13.2 Å². The summed E-state index contributed by atoms with van der Waals surface area (Å²) in [6, 6.07) is 4.90. The summed E-state index contributed by atoms with van der Waals surface area (Å²) in [5.41, 5.74) is 1.29. The lowest BCUT2D eigenvalue weighted by Crippen LogP contribution is -1.98. The Bertz CT molecular complexity index is 369. The summed E-state index contributed by atoms with van der Waals surface area (Å²) in [7, 11) is 0. The highest BCUT2D eigenvalue weighted by atomic mass is 19.3. The van der Waals surface area contributed by atoms with Crippen molar-refractivity contribution in [1.29, 1.82) is 0 Å². The normalized spacial score (nSPS) is 10.8. The Hall–Kier alpha value is -1.25. The van der Waals surface area contributed by atoms with Gasteiger partial charge in [-0.2, -0.15) is 0 Å². The van der Waals surface area contributed by atoms with Gasteiger partial charge in [0, 0.05) is 0 Å². The van der Waals surface area contributed by atoms with Crippen molar-refractivity contribution in [2.45, 2.75) is 32.6 Å². The van der Waals surface area contributed by atoms with Crippen molar-refractivity contribution < 1.29 is 13.2 Å². The van der Waals surface area contributed by atoms with E-state index in [4.69, 9.17) is 0 Å². The molecule has 0 aliphatic rings. The van der Waals surface area contributed by atoms with Crippen molar-refractivity contribution >= 4 is 0 Å². The first kappa shape index (κ1) is 12.8. The summed E-state index contributed by atoms with van der Waals surface area (Å²) < 4.78 is 37.7. The topological polar surface area (TPSA) is 0 Å². The van der Waals surface area contributed by atoms with Crippen LogP contribution in [0.4, 0.5) is 13.2 Å². The molecule has 0 saturated carbocycles. The van der Waals surface area contributed by atoms with Crippen molar-refractivity contribution in [1.82, 2.24) is 0 Å². The molecule has 0 aliphatic carbocycles. The first-order valence-electron chi connectivity index (χ1n) is 5.27. The molecule has 0 bridgehead atoms. The zero-order valence-electron chi connectivity index (χ0n) is 9.27. The Labute approximate surface area is 93.8 Å². The van der Waals surface area contributed by atoms with E-state index in [-0.39, 0.29) is 17.8 Å². The third-order valence-corrected chi connectivity index (χ3v) is 2.54. The molecule has 0 aromatic heterocycles. The molecule has 1 aromatic carbocycles. The lowest BCUT2D eigenvalue weighted by Gasteiger charge is -2.06. The molecule has 0 N–H and O–H groups in total. The third-order valence-electron chi connectivity index (χ3n) is 2.54. The highest BCUT2D eigenvalue weighted by Crippen LogP contribution is 2.16. The second-order valence-corrected chi connectivity index (χ2v) is 3.74. The number of halogens is 3. The Balaban J connectivity index is 2.62. The summed E-state index contributed by atoms with van der Waals surface area (Å²) in [6.45, 7) is 5.15. The lowest BCUT2D eigenvalue weighted by molar-refractivity contribution is 0.185. The van der Waals surface area contributed by atoms with Crippen LogP contribution in [0.15, 0.2) is 30.4 Å². The number of benzene rings is 1. The molecule has 0 spiro atoms. The SMILES string of the molecule is C=C(CCc1ccc(CC)c(F)c1)C(F)F. The van der Waals surface area contributed by atoms with Gasteiger partial charge < -0.3 is 0 Å². The summed E-state index contributed by atoms with van der Waals surface area (Å²) in [6.07, 6.45) is -1.25. The minimum absolute atomic E-state index is 0.0972. The van der Waals surface area contributed by atoms with Crippen LogP contribution < -0.4 is 0 Å². The van der Waals surface area contributed by atoms with Gasteiger partial charge in [0.15, 0.2) is 0 Å². The van der Waals surface area contributed by atoms with Crippen LogP contribution in [0.25, 0.3) is 0 Å². The smallest absolute Gasteiger partial charge is 0.207 e. The first-order valence-corrected chi connectivity index (χ1v) is 5.27. The van der Waals surface area contributed by atoms with Gasteiger partial charge in [-0.05, 0) is 42.0 Å². The monoisotopic (exact) mass is 228 g/mol. The number of allylic oxidation sites excluding steroid dienone is 1. The first-order chi connectivity index (χ1) is 7.54. The Kier molecular flexibility index (Phi) is 4.59. The fraction of sp³-hybridized carbons (Fsp3) is 0.385. The molecule has 3 heteroatoms. The Morgan fingerprint density at radius 3 is 2.56 bits per heavy atom. The summed E-state index contributed by atoms with van der Waals surface area (Å²) in [5, 5.41) is 0. The molecule has 0 aliphatic heterocycles. The summed E-state index contributed by atoms with van der Waals surface area (Å²) >= 11 is 0. The van der Waals surface area contributed by atoms with Crippen LogP contribution >= 0.6 is 0 Å². The Morgan fingerprint density at radius 1 is 1.38 bits per heavy atom. The van der Waals surface area contributed by atoms with E-state index in [9.17, 15) is 13.2 Å². The highest BCUT2D eigenvalue weighted by molar-refractivity contribution is 5.25. The fourth-order valence-electron chi connectivity index (χ4n) is 1.45. The number of hydrogen-bond donors (Lipinski definition) is 0. The molecule has 0 amide bonds. The van der Waals surface area contributed by atoms with Crippen LogP contribution in [0.1, 0.15) is 24.5 Å². The maximum Gasteiger partial charge on any atom is 0.259 e. The summed E-state index contributed by atoms with van der Waals surface area (Å²) in [5.74, 6) is -0.261. The lowest BCUT2D eigenvalue weighted by atomic mass is 10.0. The second-order valence-electron chi connectivity index (χ2n) is 3.74. The molecule has 0 saturated heterocycles. The van der Waals surface area contributed by atoms with E-state index < -0.39 is 6.43 Å². The standard InChI is InChI=1S/C13H15F3/c1-3-11-7-6-10(8-12(11)14)5-4-9(2)13(15)16/h6-8,13H,2-5H2,1H3. The van der Waals surface area contributed by atoms with Crippen molar-refractivity contribution in [3.63, 3.8) is 0 Å². The summed E-state index contributed by atoms with van der Waals surface area (Å²) in [4.78, 5) is 0. The van der Waals surface area contributed by atoms with Gasteiger partial charge in [0.05, 0.1) is 0 Å². The van der Waals surface area contributed by atoms with Crippen molar-refractivity contribution in [2.24, 2.45) is 0 Å². The molecule has 1 aromatic rings. The van der Waals surface area contributed by atoms with E-state index >= 15 is 0 Å². The van der Waals surface area contributed by atoms with E-state index in [0.717, 1.165) is 5.56 Å². The average molecular weight is 228 g/mol. The molecular weight excluding hydrogens is 213 g/mol. The Morgan fingerprint density at radius 2 is 2.06 bits per heavy atom. The van der Waals surface area contributed by atoms with E-state index in [1.54, 1.807) is 12.1 Å². The predicted molar refractivity (Wildman–Crippen MR) is 59.2 cm³/mol. The van der Waals surface area contributed by atoms with E-state index in [2.05, 4.69) is 6.58 Å². The molecule has 0 radical (unpaired) electrons. The second kappa shape index (κ2) is 5.73. The number of rotatable bonds is 5. The molecular formula is C13H15F3. The molecule has 16 heavy (non-hydrogen) atoms. The molecule has 0 atom stereocenters. The maximum atomic E-state index is 13.4. The largest absolute Gasteiger partial charge is 0.259 e. The van der Waals surface area contributed by atoms with E-state index in [1.807, 2.05) is 6.92 Å². The molecule has 88 valence electrons. The molecule has 0 unspecified atom stereocenters. The van der Waals surface area contributed by atoms with Gasteiger partial charge in [0.1, 0.15) is 5.82 Å². The van der Waals surface area contributed by atoms with Crippen LogP contribution in [-0.2, 0) is 12.8 Å². The van der Waals surface area contributed by atoms with Crippen molar-refractivity contribution in [3.05, 3.63) is 47.3 Å². The van der Waals surface area contributed by atoms with Gasteiger partial charge in [-0.3, -0.25) is 0 Å². The highest BCUT2D eigenvalue weighted by Gasteiger charge is 2.08. The minimum Gasteiger partial charge on any atom is -0.207 e. The minimum atomic E-state index is -2.49. The van der Waals surface area contributed by atoms with Gasteiger partial charge in [0.25, 0.3) is 6.43 Å². The number of hydrogen-bond acceptors (Lipinski definition) is 0.